The largest absolute Gasteiger partial charge is 0.493 e. The van der Waals surface area contributed by atoms with Gasteiger partial charge in [-0.2, -0.15) is 0 Å². The van der Waals surface area contributed by atoms with Crippen LogP contribution < -0.4 is 14.8 Å². The Labute approximate surface area is 203 Å². The zero-order chi connectivity index (χ0) is 24.4. The molecule has 0 unspecified atom stereocenters. The first-order valence-corrected chi connectivity index (χ1v) is 11.7. The van der Waals surface area contributed by atoms with Gasteiger partial charge in [-0.3, -0.25) is 4.90 Å². The van der Waals surface area contributed by atoms with E-state index < -0.39 is 0 Å². The number of halogens is 1. The van der Waals surface area contributed by atoms with Crippen molar-refractivity contribution in [1.29, 1.82) is 0 Å². The van der Waals surface area contributed by atoms with E-state index in [1.807, 2.05) is 19.1 Å². The SMILES string of the molecule is COc1cc2ncnc(Nc3ccc(F)c(C)c3)c2cc1OCCCN1CCc2noc(C)c2C1. The summed E-state index contributed by atoms with van der Waals surface area (Å²) >= 11 is 0. The number of benzene rings is 2. The van der Waals surface area contributed by atoms with E-state index in [1.54, 1.807) is 26.2 Å². The van der Waals surface area contributed by atoms with Gasteiger partial charge in [0.05, 0.1) is 24.9 Å². The van der Waals surface area contributed by atoms with Crippen molar-refractivity contribution in [2.24, 2.45) is 0 Å². The number of rotatable bonds is 8. The van der Waals surface area contributed by atoms with Crippen LogP contribution in [0, 0.1) is 19.7 Å². The first-order chi connectivity index (χ1) is 17.0. The number of anilines is 2. The van der Waals surface area contributed by atoms with Crippen LogP contribution in [0.5, 0.6) is 11.5 Å². The van der Waals surface area contributed by atoms with E-state index in [-0.39, 0.29) is 5.82 Å². The van der Waals surface area contributed by atoms with Gasteiger partial charge in [0, 0.05) is 48.8 Å². The van der Waals surface area contributed by atoms with Gasteiger partial charge in [-0.05, 0) is 50.1 Å². The minimum Gasteiger partial charge on any atom is -0.493 e. The Hall–Kier alpha value is -3.72. The number of ether oxygens (including phenoxy) is 2. The molecule has 9 heteroatoms. The maximum absolute atomic E-state index is 13.7. The van der Waals surface area contributed by atoms with Crippen LogP contribution >= 0.6 is 0 Å². The zero-order valence-electron chi connectivity index (χ0n) is 20.1. The molecule has 4 aromatic rings. The van der Waals surface area contributed by atoms with Crippen molar-refractivity contribution in [2.45, 2.75) is 33.2 Å². The molecular weight excluding hydrogens is 449 g/mol. The molecule has 0 saturated heterocycles. The van der Waals surface area contributed by atoms with Crippen LogP contribution in [0.15, 0.2) is 41.2 Å². The van der Waals surface area contributed by atoms with Crippen molar-refractivity contribution >= 4 is 22.4 Å². The fourth-order valence-electron chi connectivity index (χ4n) is 4.36. The summed E-state index contributed by atoms with van der Waals surface area (Å²) in [7, 11) is 1.61. The van der Waals surface area contributed by atoms with Crippen molar-refractivity contribution < 1.29 is 18.4 Å². The summed E-state index contributed by atoms with van der Waals surface area (Å²) in [6, 6.07) is 8.59. The van der Waals surface area contributed by atoms with Crippen molar-refractivity contribution in [2.75, 3.05) is 32.1 Å². The molecule has 5 rings (SSSR count). The standard InChI is InChI=1S/C26H28FN5O3/c1-16-11-18(5-6-21(16)27)30-26-19-12-25(24(33-3)13-23(19)28-15-29-26)34-10-4-8-32-9-7-22-20(14-32)17(2)35-31-22/h5-6,11-13,15H,4,7-10,14H2,1-3H3,(H,28,29,30). The van der Waals surface area contributed by atoms with Crippen LogP contribution in [0.3, 0.4) is 0 Å². The second kappa shape index (κ2) is 9.87. The van der Waals surface area contributed by atoms with E-state index in [4.69, 9.17) is 14.0 Å². The predicted octanol–water partition coefficient (Wildman–Crippen LogP) is 4.95. The van der Waals surface area contributed by atoms with Crippen molar-refractivity contribution in [3.63, 3.8) is 0 Å². The number of hydrogen-bond acceptors (Lipinski definition) is 8. The minimum absolute atomic E-state index is 0.245. The predicted molar refractivity (Wildman–Crippen MR) is 131 cm³/mol. The molecule has 0 radical (unpaired) electrons. The lowest BCUT2D eigenvalue weighted by Crippen LogP contribution is -2.32. The average molecular weight is 478 g/mol. The third-order valence-electron chi connectivity index (χ3n) is 6.33. The number of fused-ring (bicyclic) bond motifs is 2. The van der Waals surface area contributed by atoms with Gasteiger partial charge >= 0.3 is 0 Å². The summed E-state index contributed by atoms with van der Waals surface area (Å²) in [6.07, 6.45) is 3.27. The van der Waals surface area contributed by atoms with Gasteiger partial charge in [-0.25, -0.2) is 14.4 Å². The minimum atomic E-state index is -0.245. The maximum Gasteiger partial charge on any atom is 0.162 e. The van der Waals surface area contributed by atoms with E-state index >= 15 is 0 Å². The molecule has 0 bridgehead atoms. The number of hydrogen-bond donors (Lipinski definition) is 1. The van der Waals surface area contributed by atoms with E-state index in [1.165, 1.54) is 18.0 Å². The topological polar surface area (TPSA) is 85.5 Å². The van der Waals surface area contributed by atoms with Gasteiger partial charge in [0.15, 0.2) is 11.5 Å². The lowest BCUT2D eigenvalue weighted by Gasteiger charge is -2.25. The molecule has 35 heavy (non-hydrogen) atoms. The van der Waals surface area contributed by atoms with Gasteiger partial charge in [-0.1, -0.05) is 5.16 Å². The first kappa shape index (κ1) is 23.0. The summed E-state index contributed by atoms with van der Waals surface area (Å²) < 4.78 is 30.7. The highest BCUT2D eigenvalue weighted by Gasteiger charge is 2.21. The molecule has 182 valence electrons. The zero-order valence-corrected chi connectivity index (χ0v) is 20.1. The molecule has 3 heterocycles. The van der Waals surface area contributed by atoms with E-state index in [9.17, 15) is 4.39 Å². The second-order valence-corrected chi connectivity index (χ2v) is 8.72. The second-order valence-electron chi connectivity index (χ2n) is 8.72. The number of aryl methyl sites for hydroxylation is 2. The molecule has 0 spiro atoms. The molecule has 1 aliphatic rings. The molecule has 0 fully saturated rings. The number of nitrogens with zero attached hydrogens (tertiary/aromatic N) is 4. The Morgan fingerprint density at radius 1 is 1.14 bits per heavy atom. The summed E-state index contributed by atoms with van der Waals surface area (Å²) in [4.78, 5) is 11.2. The fraction of sp³-hybridized carbons (Fsp3) is 0.346. The molecular formula is C26H28FN5O3. The van der Waals surface area contributed by atoms with E-state index in [0.717, 1.165) is 60.5 Å². The quantitative estimate of drug-likeness (QED) is 0.357. The normalized spacial score (nSPS) is 13.6. The Kier molecular flexibility index (Phi) is 6.50. The Morgan fingerprint density at radius 2 is 2.03 bits per heavy atom. The summed E-state index contributed by atoms with van der Waals surface area (Å²) in [6.45, 7) is 6.98. The van der Waals surface area contributed by atoms with Gasteiger partial charge in [0.25, 0.3) is 0 Å². The molecule has 2 aromatic carbocycles. The van der Waals surface area contributed by atoms with Crippen molar-refractivity contribution in [1.82, 2.24) is 20.0 Å². The van der Waals surface area contributed by atoms with Crippen molar-refractivity contribution in [3.05, 3.63) is 65.1 Å². The Bertz CT molecular complexity index is 1360. The summed E-state index contributed by atoms with van der Waals surface area (Å²) in [5.74, 6) is 2.52. The van der Waals surface area contributed by atoms with Crippen LogP contribution in [0.25, 0.3) is 10.9 Å². The molecule has 1 aliphatic heterocycles. The lowest BCUT2D eigenvalue weighted by molar-refractivity contribution is 0.217. The molecule has 0 saturated carbocycles. The lowest BCUT2D eigenvalue weighted by atomic mass is 10.1. The third kappa shape index (κ3) is 4.90. The van der Waals surface area contributed by atoms with Gasteiger partial charge in [0.1, 0.15) is 23.7 Å². The monoisotopic (exact) mass is 477 g/mol. The third-order valence-corrected chi connectivity index (χ3v) is 6.33. The highest BCUT2D eigenvalue weighted by molar-refractivity contribution is 5.93. The van der Waals surface area contributed by atoms with Gasteiger partial charge in [0.2, 0.25) is 0 Å². The van der Waals surface area contributed by atoms with E-state index in [2.05, 4.69) is 25.3 Å². The number of nitrogens with one attached hydrogen (secondary N) is 1. The smallest absolute Gasteiger partial charge is 0.162 e. The van der Waals surface area contributed by atoms with Gasteiger partial charge in [-0.15, -0.1) is 0 Å². The highest BCUT2D eigenvalue weighted by Crippen LogP contribution is 2.35. The molecule has 1 N–H and O–H groups in total. The molecule has 8 nitrogen and oxygen atoms in total. The summed E-state index contributed by atoms with van der Waals surface area (Å²) in [5.41, 5.74) is 4.32. The highest BCUT2D eigenvalue weighted by atomic mass is 19.1. The van der Waals surface area contributed by atoms with Crippen LogP contribution in [0.4, 0.5) is 15.9 Å². The average Bonchev–Trinajstić information content (AvgIpc) is 3.24. The summed E-state index contributed by atoms with van der Waals surface area (Å²) in [5, 5.41) is 8.20. The van der Waals surface area contributed by atoms with Crippen LogP contribution in [-0.2, 0) is 13.0 Å². The Morgan fingerprint density at radius 3 is 2.86 bits per heavy atom. The number of methoxy groups -OCH3 is 1. The first-order valence-electron chi connectivity index (χ1n) is 11.7. The molecule has 2 aromatic heterocycles. The molecule has 0 aliphatic carbocycles. The fourth-order valence-corrected chi connectivity index (χ4v) is 4.36. The van der Waals surface area contributed by atoms with Crippen molar-refractivity contribution in [3.8, 4) is 11.5 Å². The Balaban J connectivity index is 1.28. The van der Waals surface area contributed by atoms with Crippen LogP contribution in [0.2, 0.25) is 0 Å². The molecule has 0 atom stereocenters. The van der Waals surface area contributed by atoms with Crippen LogP contribution in [0.1, 0.15) is 29.0 Å². The molecule has 0 amide bonds. The van der Waals surface area contributed by atoms with E-state index in [0.29, 0.717) is 29.5 Å². The number of aromatic nitrogens is 3. The maximum atomic E-state index is 13.7. The van der Waals surface area contributed by atoms with Crippen LogP contribution in [-0.4, -0.2) is 46.8 Å². The van der Waals surface area contributed by atoms with Gasteiger partial charge < -0.3 is 19.3 Å².